The summed E-state index contributed by atoms with van der Waals surface area (Å²) >= 11 is 1.16. The smallest absolute Gasteiger partial charge is 0.280 e. The molecule has 0 atom stereocenters. The van der Waals surface area contributed by atoms with Crippen molar-refractivity contribution in [2.75, 3.05) is 37.6 Å². The Labute approximate surface area is 149 Å². The lowest BCUT2D eigenvalue weighted by molar-refractivity contribution is 0.0741. The Kier molecular flexibility index (Phi) is 5.28. The molecule has 1 aliphatic heterocycles. The third-order valence-electron chi connectivity index (χ3n) is 4.01. The number of hydrogen-bond acceptors (Lipinski definition) is 5. The highest BCUT2D eigenvalue weighted by atomic mass is 32.1. The monoisotopic (exact) mass is 362 g/mol. The molecule has 6 nitrogen and oxygen atoms in total. The molecule has 1 aromatic heterocycles. The van der Waals surface area contributed by atoms with Gasteiger partial charge in [0.15, 0.2) is 5.01 Å². The van der Waals surface area contributed by atoms with E-state index < -0.39 is 0 Å². The Morgan fingerprint density at radius 1 is 1.24 bits per heavy atom. The van der Waals surface area contributed by atoms with E-state index in [1.54, 1.807) is 28.5 Å². The molecule has 132 valence electrons. The van der Waals surface area contributed by atoms with Crippen LogP contribution in [0.15, 0.2) is 29.6 Å². The highest BCUT2D eigenvalue weighted by molar-refractivity contribution is 7.11. The van der Waals surface area contributed by atoms with Crippen molar-refractivity contribution in [3.05, 3.63) is 46.2 Å². The number of aromatic nitrogens is 1. The standard InChI is InChI=1S/C17H19FN4O2S/c1-2-19-15(23)16-20-13(11-25-16)17(24)22-9-7-21(8-10-22)14-6-4-3-5-12(14)18/h3-6,11H,2,7-10H2,1H3,(H,19,23). The summed E-state index contributed by atoms with van der Waals surface area (Å²) in [5.41, 5.74) is 0.840. The summed E-state index contributed by atoms with van der Waals surface area (Å²) in [6, 6.07) is 6.64. The molecule has 0 spiro atoms. The number of para-hydroxylation sites is 1. The first-order chi connectivity index (χ1) is 12.1. The van der Waals surface area contributed by atoms with Crippen molar-refractivity contribution < 1.29 is 14.0 Å². The van der Waals surface area contributed by atoms with Crippen LogP contribution in [0, 0.1) is 5.82 Å². The number of carbonyl (C=O) groups excluding carboxylic acids is 2. The van der Waals surface area contributed by atoms with E-state index in [0.717, 1.165) is 11.3 Å². The van der Waals surface area contributed by atoms with Crippen LogP contribution in [0.1, 0.15) is 27.2 Å². The molecule has 3 rings (SSSR count). The molecular formula is C17H19FN4O2S. The minimum absolute atomic E-state index is 0.194. The van der Waals surface area contributed by atoms with E-state index in [2.05, 4.69) is 10.3 Å². The van der Waals surface area contributed by atoms with Crippen LogP contribution in [0.2, 0.25) is 0 Å². The molecule has 0 unspecified atom stereocenters. The van der Waals surface area contributed by atoms with Gasteiger partial charge in [-0.15, -0.1) is 11.3 Å². The second kappa shape index (κ2) is 7.60. The van der Waals surface area contributed by atoms with E-state index in [0.29, 0.717) is 38.4 Å². The highest BCUT2D eigenvalue weighted by Crippen LogP contribution is 2.21. The third kappa shape index (κ3) is 3.79. The van der Waals surface area contributed by atoms with Gasteiger partial charge in [-0.1, -0.05) is 12.1 Å². The minimum atomic E-state index is -0.268. The molecule has 1 aliphatic rings. The summed E-state index contributed by atoms with van der Waals surface area (Å²) in [7, 11) is 0. The predicted octanol–water partition coefficient (Wildman–Crippen LogP) is 1.99. The topological polar surface area (TPSA) is 65.5 Å². The SMILES string of the molecule is CCNC(=O)c1nc(C(=O)N2CCN(c3ccccc3F)CC2)cs1. The molecule has 2 amide bonds. The van der Waals surface area contributed by atoms with Gasteiger partial charge in [-0.2, -0.15) is 0 Å². The van der Waals surface area contributed by atoms with Crippen molar-refractivity contribution in [3.8, 4) is 0 Å². The number of halogens is 1. The Bertz CT molecular complexity index is 772. The lowest BCUT2D eigenvalue weighted by Gasteiger charge is -2.35. The maximum atomic E-state index is 13.9. The van der Waals surface area contributed by atoms with Gasteiger partial charge < -0.3 is 15.1 Å². The Morgan fingerprint density at radius 3 is 2.64 bits per heavy atom. The molecule has 2 heterocycles. The largest absolute Gasteiger partial charge is 0.366 e. The van der Waals surface area contributed by atoms with Crippen molar-refractivity contribution >= 4 is 28.8 Å². The van der Waals surface area contributed by atoms with Gasteiger partial charge in [0, 0.05) is 38.1 Å². The van der Waals surface area contributed by atoms with Crippen molar-refractivity contribution in [1.82, 2.24) is 15.2 Å². The summed E-state index contributed by atoms with van der Waals surface area (Å²) in [4.78, 5) is 32.1. The average molecular weight is 362 g/mol. The van der Waals surface area contributed by atoms with Crippen LogP contribution in [0.4, 0.5) is 10.1 Å². The molecule has 1 aromatic carbocycles. The minimum Gasteiger partial charge on any atom is -0.366 e. The van der Waals surface area contributed by atoms with E-state index in [9.17, 15) is 14.0 Å². The van der Waals surface area contributed by atoms with E-state index in [4.69, 9.17) is 0 Å². The zero-order chi connectivity index (χ0) is 17.8. The number of rotatable bonds is 4. The number of anilines is 1. The van der Waals surface area contributed by atoms with Gasteiger partial charge in [0.1, 0.15) is 11.5 Å². The molecule has 0 saturated carbocycles. The quantitative estimate of drug-likeness (QED) is 0.903. The zero-order valence-electron chi connectivity index (χ0n) is 13.9. The second-order valence-electron chi connectivity index (χ2n) is 5.63. The maximum Gasteiger partial charge on any atom is 0.280 e. The maximum absolute atomic E-state index is 13.9. The number of nitrogens with zero attached hydrogens (tertiary/aromatic N) is 3. The van der Waals surface area contributed by atoms with E-state index in [1.807, 2.05) is 11.8 Å². The first-order valence-electron chi connectivity index (χ1n) is 8.12. The Morgan fingerprint density at radius 2 is 1.96 bits per heavy atom. The number of hydrogen-bond donors (Lipinski definition) is 1. The van der Waals surface area contributed by atoms with Crippen molar-refractivity contribution in [2.45, 2.75) is 6.92 Å². The van der Waals surface area contributed by atoms with Gasteiger partial charge >= 0.3 is 0 Å². The molecule has 0 bridgehead atoms. The number of piperazine rings is 1. The first-order valence-corrected chi connectivity index (χ1v) is 9.00. The molecule has 8 heteroatoms. The van der Waals surface area contributed by atoms with Crippen LogP contribution < -0.4 is 10.2 Å². The van der Waals surface area contributed by atoms with Crippen LogP contribution >= 0.6 is 11.3 Å². The molecule has 1 saturated heterocycles. The number of nitrogens with one attached hydrogen (secondary N) is 1. The number of benzene rings is 1. The molecule has 1 N–H and O–H groups in total. The average Bonchev–Trinajstić information content (AvgIpc) is 3.12. The Hall–Kier alpha value is -2.48. The summed E-state index contributed by atoms with van der Waals surface area (Å²) in [6.07, 6.45) is 0. The second-order valence-corrected chi connectivity index (χ2v) is 6.49. The number of carbonyl (C=O) groups is 2. The lowest BCUT2D eigenvalue weighted by Crippen LogP contribution is -2.49. The molecule has 0 aliphatic carbocycles. The van der Waals surface area contributed by atoms with Gasteiger partial charge in [-0.3, -0.25) is 9.59 Å². The fourth-order valence-electron chi connectivity index (χ4n) is 2.73. The summed E-state index contributed by atoms with van der Waals surface area (Å²) < 4.78 is 13.9. The number of thiazole rings is 1. The lowest BCUT2D eigenvalue weighted by atomic mass is 10.2. The fraction of sp³-hybridized carbons (Fsp3) is 0.353. The summed E-state index contributed by atoms with van der Waals surface area (Å²) in [5.74, 6) is -0.718. The highest BCUT2D eigenvalue weighted by Gasteiger charge is 2.25. The third-order valence-corrected chi connectivity index (χ3v) is 4.86. The molecule has 0 radical (unpaired) electrons. The fourth-order valence-corrected chi connectivity index (χ4v) is 3.44. The van der Waals surface area contributed by atoms with Gasteiger partial charge in [-0.05, 0) is 19.1 Å². The Balaban J connectivity index is 1.62. The van der Waals surface area contributed by atoms with Gasteiger partial charge in [0.25, 0.3) is 11.8 Å². The van der Waals surface area contributed by atoms with E-state index in [1.165, 1.54) is 6.07 Å². The molecule has 25 heavy (non-hydrogen) atoms. The normalized spacial score (nSPS) is 14.5. The van der Waals surface area contributed by atoms with Crippen molar-refractivity contribution in [1.29, 1.82) is 0 Å². The van der Waals surface area contributed by atoms with Crippen LogP contribution in [0.3, 0.4) is 0 Å². The van der Waals surface area contributed by atoms with Gasteiger partial charge in [0.2, 0.25) is 0 Å². The van der Waals surface area contributed by atoms with E-state index >= 15 is 0 Å². The molecular weight excluding hydrogens is 343 g/mol. The molecule has 1 fully saturated rings. The van der Waals surface area contributed by atoms with Crippen LogP contribution in [0.25, 0.3) is 0 Å². The molecule has 2 aromatic rings. The van der Waals surface area contributed by atoms with Gasteiger partial charge in [-0.25, -0.2) is 9.37 Å². The summed E-state index contributed by atoms with van der Waals surface area (Å²) in [5, 5.41) is 4.56. The van der Waals surface area contributed by atoms with Crippen LogP contribution in [-0.4, -0.2) is 54.4 Å². The first kappa shape index (κ1) is 17.3. The van der Waals surface area contributed by atoms with E-state index in [-0.39, 0.29) is 28.3 Å². The number of amides is 2. The van der Waals surface area contributed by atoms with Crippen LogP contribution in [0.5, 0.6) is 0 Å². The van der Waals surface area contributed by atoms with Crippen molar-refractivity contribution in [3.63, 3.8) is 0 Å². The summed E-state index contributed by atoms with van der Waals surface area (Å²) in [6.45, 7) is 4.43. The van der Waals surface area contributed by atoms with Gasteiger partial charge in [0.05, 0.1) is 5.69 Å². The zero-order valence-corrected chi connectivity index (χ0v) is 14.7. The van der Waals surface area contributed by atoms with Crippen LogP contribution in [-0.2, 0) is 0 Å². The predicted molar refractivity (Wildman–Crippen MR) is 94.6 cm³/mol. The van der Waals surface area contributed by atoms with Crippen molar-refractivity contribution in [2.24, 2.45) is 0 Å².